The molecule has 0 atom stereocenters. The van der Waals surface area contributed by atoms with Crippen molar-refractivity contribution in [1.82, 2.24) is 15.2 Å². The van der Waals surface area contributed by atoms with E-state index in [1.54, 1.807) is 12.1 Å². The fourth-order valence-corrected chi connectivity index (χ4v) is 3.77. The maximum absolute atomic E-state index is 12.6. The second-order valence-corrected chi connectivity index (χ2v) is 7.57. The highest BCUT2D eigenvalue weighted by molar-refractivity contribution is 5.98. The van der Waals surface area contributed by atoms with Crippen molar-refractivity contribution >= 4 is 16.8 Å². The predicted octanol–water partition coefficient (Wildman–Crippen LogP) is 2.44. The van der Waals surface area contributed by atoms with Crippen LogP contribution in [0.5, 0.6) is 0 Å². The number of hydrogen-bond donors (Lipinski definition) is 2. The molecule has 1 aromatic carbocycles. The summed E-state index contributed by atoms with van der Waals surface area (Å²) in [6.07, 6.45) is 4.81. The zero-order chi connectivity index (χ0) is 17.4. The number of aromatic amines is 1. The minimum absolute atomic E-state index is 0.0510. The number of likely N-dealkylation sites (tertiary alicyclic amines) is 1. The Morgan fingerprint density at radius 1 is 1.20 bits per heavy atom. The van der Waals surface area contributed by atoms with Crippen LogP contribution in [-0.2, 0) is 0 Å². The minimum atomic E-state index is -0.134. The van der Waals surface area contributed by atoms with E-state index in [-0.39, 0.29) is 17.5 Å². The van der Waals surface area contributed by atoms with E-state index in [1.807, 2.05) is 19.1 Å². The lowest BCUT2D eigenvalue weighted by Crippen LogP contribution is -2.45. The molecule has 1 saturated heterocycles. The third-order valence-corrected chi connectivity index (χ3v) is 5.45. The summed E-state index contributed by atoms with van der Waals surface area (Å²) in [5.41, 5.74) is 2.12. The second kappa shape index (κ2) is 6.64. The van der Waals surface area contributed by atoms with Gasteiger partial charge >= 0.3 is 0 Å². The molecule has 1 aromatic heterocycles. The smallest absolute Gasteiger partial charge is 0.251 e. The van der Waals surface area contributed by atoms with Crippen LogP contribution in [0, 0.1) is 12.8 Å². The molecule has 0 radical (unpaired) electrons. The van der Waals surface area contributed by atoms with Crippen molar-refractivity contribution in [1.29, 1.82) is 0 Å². The fraction of sp³-hybridized carbons (Fsp3) is 0.500. The molecule has 5 nitrogen and oxygen atoms in total. The highest BCUT2D eigenvalue weighted by Gasteiger charge is 2.27. The summed E-state index contributed by atoms with van der Waals surface area (Å²) in [6, 6.07) is 7.35. The van der Waals surface area contributed by atoms with E-state index in [0.29, 0.717) is 5.56 Å². The first-order chi connectivity index (χ1) is 12.1. The number of benzene rings is 1. The van der Waals surface area contributed by atoms with Gasteiger partial charge in [0, 0.05) is 48.2 Å². The SMILES string of the molecule is Cc1cc(=O)[nH]c2cc(C(=O)NC3CCN(CC4CC4)CC3)ccc12. The average Bonchev–Trinajstić information content (AvgIpc) is 3.40. The number of amides is 1. The van der Waals surface area contributed by atoms with Crippen molar-refractivity contribution < 1.29 is 4.79 Å². The Kier molecular flexibility index (Phi) is 4.34. The number of aryl methyl sites for hydroxylation is 1. The van der Waals surface area contributed by atoms with Gasteiger partial charge < -0.3 is 15.2 Å². The number of rotatable bonds is 4. The van der Waals surface area contributed by atoms with Crippen LogP contribution in [0.15, 0.2) is 29.1 Å². The van der Waals surface area contributed by atoms with E-state index < -0.39 is 0 Å². The Morgan fingerprint density at radius 3 is 2.68 bits per heavy atom. The van der Waals surface area contributed by atoms with Crippen LogP contribution in [0.4, 0.5) is 0 Å². The maximum atomic E-state index is 12.6. The second-order valence-electron chi connectivity index (χ2n) is 7.57. The maximum Gasteiger partial charge on any atom is 0.251 e. The van der Waals surface area contributed by atoms with E-state index in [1.165, 1.54) is 19.4 Å². The van der Waals surface area contributed by atoms with Gasteiger partial charge in [-0.05, 0) is 56.2 Å². The van der Waals surface area contributed by atoms with Gasteiger partial charge in [-0.1, -0.05) is 6.07 Å². The molecule has 0 unspecified atom stereocenters. The number of carbonyl (C=O) groups excluding carboxylic acids is 1. The molecule has 1 aliphatic heterocycles. The van der Waals surface area contributed by atoms with Crippen molar-refractivity contribution in [2.45, 2.75) is 38.6 Å². The Balaban J connectivity index is 1.41. The number of nitrogens with zero attached hydrogens (tertiary/aromatic N) is 1. The molecule has 0 bridgehead atoms. The van der Waals surface area contributed by atoms with Crippen LogP contribution < -0.4 is 10.9 Å². The predicted molar refractivity (Wildman–Crippen MR) is 99.0 cm³/mol. The zero-order valence-corrected chi connectivity index (χ0v) is 14.7. The highest BCUT2D eigenvalue weighted by Crippen LogP contribution is 2.30. The van der Waals surface area contributed by atoms with Gasteiger partial charge in [0.05, 0.1) is 0 Å². The monoisotopic (exact) mass is 339 g/mol. The highest BCUT2D eigenvalue weighted by atomic mass is 16.1. The van der Waals surface area contributed by atoms with Gasteiger partial charge in [0.15, 0.2) is 0 Å². The molecule has 2 aromatic rings. The summed E-state index contributed by atoms with van der Waals surface area (Å²) in [4.78, 5) is 29.6. The summed E-state index contributed by atoms with van der Waals surface area (Å²) in [6.45, 7) is 5.29. The summed E-state index contributed by atoms with van der Waals surface area (Å²) < 4.78 is 0. The van der Waals surface area contributed by atoms with Crippen LogP contribution in [0.1, 0.15) is 41.6 Å². The molecule has 25 heavy (non-hydrogen) atoms. The Hall–Kier alpha value is -2.14. The van der Waals surface area contributed by atoms with E-state index >= 15 is 0 Å². The van der Waals surface area contributed by atoms with Crippen LogP contribution in [0.25, 0.3) is 10.9 Å². The third kappa shape index (κ3) is 3.76. The van der Waals surface area contributed by atoms with Crippen LogP contribution in [0.2, 0.25) is 0 Å². The Bertz CT molecular complexity index is 846. The number of nitrogens with one attached hydrogen (secondary N) is 2. The quantitative estimate of drug-likeness (QED) is 0.899. The number of carbonyl (C=O) groups is 1. The fourth-order valence-electron chi connectivity index (χ4n) is 3.77. The number of hydrogen-bond acceptors (Lipinski definition) is 3. The number of aromatic nitrogens is 1. The van der Waals surface area contributed by atoms with Gasteiger partial charge in [-0.2, -0.15) is 0 Å². The van der Waals surface area contributed by atoms with Crippen molar-refractivity contribution in [2.24, 2.45) is 5.92 Å². The molecule has 5 heteroatoms. The lowest BCUT2D eigenvalue weighted by molar-refractivity contribution is 0.0910. The van der Waals surface area contributed by atoms with Gasteiger partial charge in [0.2, 0.25) is 5.56 Å². The number of H-pyrrole nitrogens is 1. The van der Waals surface area contributed by atoms with Crippen molar-refractivity contribution in [3.63, 3.8) is 0 Å². The summed E-state index contributed by atoms with van der Waals surface area (Å²) in [5.74, 6) is 0.874. The van der Waals surface area contributed by atoms with Crippen molar-refractivity contribution in [3.05, 3.63) is 45.7 Å². The molecule has 0 spiro atoms. The standard InChI is InChI=1S/C20H25N3O2/c1-13-10-19(24)22-18-11-15(4-5-17(13)18)20(25)21-16-6-8-23(9-7-16)12-14-2-3-14/h4-5,10-11,14,16H,2-3,6-9,12H2,1H3,(H,21,25)(H,22,24). The molecule has 1 saturated carbocycles. The molecule has 1 aliphatic carbocycles. The number of fused-ring (bicyclic) bond motifs is 1. The Morgan fingerprint density at radius 2 is 1.96 bits per heavy atom. The minimum Gasteiger partial charge on any atom is -0.349 e. The lowest BCUT2D eigenvalue weighted by Gasteiger charge is -2.32. The molecule has 4 rings (SSSR count). The number of pyridine rings is 1. The van der Waals surface area contributed by atoms with Gasteiger partial charge in [-0.15, -0.1) is 0 Å². The molecule has 2 N–H and O–H groups in total. The van der Waals surface area contributed by atoms with Crippen LogP contribution in [-0.4, -0.2) is 41.5 Å². The van der Waals surface area contributed by atoms with Crippen LogP contribution >= 0.6 is 0 Å². The topological polar surface area (TPSA) is 65.2 Å². The van der Waals surface area contributed by atoms with Crippen LogP contribution in [0.3, 0.4) is 0 Å². The van der Waals surface area contributed by atoms with Crippen molar-refractivity contribution in [3.8, 4) is 0 Å². The largest absolute Gasteiger partial charge is 0.349 e. The van der Waals surface area contributed by atoms with Gasteiger partial charge in [0.25, 0.3) is 5.91 Å². The molecule has 1 amide bonds. The molecule has 2 heterocycles. The molecule has 2 aliphatic rings. The molecular weight excluding hydrogens is 314 g/mol. The Labute approximate surface area is 147 Å². The van der Waals surface area contributed by atoms with Gasteiger partial charge in [-0.25, -0.2) is 0 Å². The average molecular weight is 339 g/mol. The van der Waals surface area contributed by atoms with Gasteiger partial charge in [-0.3, -0.25) is 9.59 Å². The normalized spacial score (nSPS) is 19.2. The third-order valence-electron chi connectivity index (χ3n) is 5.45. The molecule has 2 fully saturated rings. The molecule has 132 valence electrons. The zero-order valence-electron chi connectivity index (χ0n) is 14.7. The van der Waals surface area contributed by atoms with E-state index in [0.717, 1.165) is 48.3 Å². The summed E-state index contributed by atoms with van der Waals surface area (Å²) >= 11 is 0. The summed E-state index contributed by atoms with van der Waals surface area (Å²) in [7, 11) is 0. The van der Waals surface area contributed by atoms with E-state index in [2.05, 4.69) is 15.2 Å². The van der Waals surface area contributed by atoms with E-state index in [4.69, 9.17) is 0 Å². The molecular formula is C20H25N3O2. The first-order valence-corrected chi connectivity index (χ1v) is 9.25. The lowest BCUT2D eigenvalue weighted by atomic mass is 10.0. The number of piperidine rings is 1. The van der Waals surface area contributed by atoms with Gasteiger partial charge in [0.1, 0.15) is 0 Å². The summed E-state index contributed by atoms with van der Waals surface area (Å²) in [5, 5.41) is 4.14. The van der Waals surface area contributed by atoms with E-state index in [9.17, 15) is 9.59 Å². The first-order valence-electron chi connectivity index (χ1n) is 9.25. The van der Waals surface area contributed by atoms with Crippen molar-refractivity contribution in [2.75, 3.05) is 19.6 Å². The first kappa shape index (κ1) is 16.3.